The lowest BCUT2D eigenvalue weighted by Gasteiger charge is -1.96. The van der Waals surface area contributed by atoms with Crippen molar-refractivity contribution in [2.75, 3.05) is 13.1 Å². The highest BCUT2D eigenvalue weighted by molar-refractivity contribution is 7.64. The summed E-state index contributed by atoms with van der Waals surface area (Å²) in [4.78, 5) is 0. The molecule has 0 saturated heterocycles. The summed E-state index contributed by atoms with van der Waals surface area (Å²) in [6.07, 6.45) is 5.43. The number of hydrogen-bond acceptors (Lipinski definition) is 2. The second-order valence-corrected chi connectivity index (χ2v) is 2.85. The van der Waals surface area contributed by atoms with Crippen LogP contribution < -0.4 is 5.32 Å². The summed E-state index contributed by atoms with van der Waals surface area (Å²) in [5.74, 6) is 0. The van der Waals surface area contributed by atoms with E-state index in [0.717, 1.165) is 0 Å². The highest BCUT2D eigenvalue weighted by Crippen LogP contribution is 1.80. The highest BCUT2D eigenvalue weighted by Gasteiger charge is 1.86. The second kappa shape index (κ2) is 17.0. The van der Waals surface area contributed by atoms with Crippen LogP contribution in [0.3, 0.4) is 0 Å². The first kappa shape index (κ1) is 14.2. The van der Waals surface area contributed by atoms with Gasteiger partial charge in [0.1, 0.15) is 0 Å². The van der Waals surface area contributed by atoms with Crippen molar-refractivity contribution in [3.8, 4) is 5.40 Å². The maximum absolute atomic E-state index is 7.13. The third-order valence-electron chi connectivity index (χ3n) is 1.52. The number of nitriles is 1. The summed E-state index contributed by atoms with van der Waals surface area (Å²) in [6.45, 7) is 7.15. The topological polar surface area (TPSA) is 40.4 Å². The molecule has 72 valence electrons. The van der Waals surface area contributed by atoms with E-state index < -0.39 is 0 Å². The molecule has 0 radical (unpaired) electrons. The molecule has 0 aliphatic carbocycles. The second-order valence-electron chi connectivity index (χ2n) is 2.66. The Morgan fingerprint density at radius 1 is 1.17 bits per heavy atom. The molecule has 0 unspecified atom stereocenters. The van der Waals surface area contributed by atoms with Gasteiger partial charge in [-0.25, -0.2) is 5.26 Å². The molecule has 0 bridgehead atoms. The van der Waals surface area contributed by atoms with E-state index in [4.69, 9.17) is 5.26 Å². The van der Waals surface area contributed by atoms with Crippen molar-refractivity contribution in [1.82, 2.24) is 0 Å². The number of thiocyanates is 1. The molecule has 0 aromatic rings. The van der Waals surface area contributed by atoms with E-state index >= 15 is 0 Å². The molecule has 0 aromatic carbocycles. The predicted octanol–water partition coefficient (Wildman–Crippen LogP) is 1.16. The normalized spacial score (nSPS) is 8.08. The molecule has 0 rings (SSSR count). The first-order valence-electron chi connectivity index (χ1n) is 4.66. The van der Waals surface area contributed by atoms with Crippen molar-refractivity contribution in [1.29, 1.82) is 5.26 Å². The molecule has 0 saturated carbocycles. The summed E-state index contributed by atoms with van der Waals surface area (Å²) < 4.78 is 0. The number of rotatable bonds is 6. The lowest BCUT2D eigenvalue weighted by molar-refractivity contribution is -0.655. The predicted molar refractivity (Wildman–Crippen MR) is 54.5 cm³/mol. The lowest BCUT2D eigenvalue weighted by Crippen LogP contribution is -2.84. The van der Waals surface area contributed by atoms with Gasteiger partial charge in [-0.3, -0.25) is 0 Å². The van der Waals surface area contributed by atoms with Gasteiger partial charge in [-0.05, 0) is 12.8 Å². The standard InChI is InChI=1S/C8H19N.CHNS/c1-3-5-7-9-8-6-4-2;2-1-3/h9H,3-8H2,1-2H3;3H. The van der Waals surface area contributed by atoms with Crippen molar-refractivity contribution in [2.45, 2.75) is 39.5 Å². The van der Waals surface area contributed by atoms with Crippen LogP contribution in [0.15, 0.2) is 0 Å². The van der Waals surface area contributed by atoms with E-state index in [1.54, 1.807) is 0 Å². The summed E-state index contributed by atoms with van der Waals surface area (Å²) >= 11 is 3.70. The fourth-order valence-electron chi connectivity index (χ4n) is 0.841. The fraction of sp³-hybridized carbons (Fsp3) is 0.889. The van der Waals surface area contributed by atoms with Crippen molar-refractivity contribution in [2.24, 2.45) is 0 Å². The minimum atomic E-state index is 1.33. The molecule has 0 spiro atoms. The Labute approximate surface area is 81.8 Å². The third kappa shape index (κ3) is 22.6. The first-order valence-corrected chi connectivity index (χ1v) is 5.07. The van der Waals surface area contributed by atoms with Crippen LogP contribution in [0.1, 0.15) is 39.5 Å². The van der Waals surface area contributed by atoms with Crippen molar-refractivity contribution < 1.29 is 5.32 Å². The van der Waals surface area contributed by atoms with E-state index in [9.17, 15) is 0 Å². The molecule has 12 heavy (non-hydrogen) atoms. The molecule has 0 amide bonds. The van der Waals surface area contributed by atoms with E-state index in [-0.39, 0.29) is 0 Å². The maximum atomic E-state index is 7.13. The van der Waals surface area contributed by atoms with Gasteiger partial charge in [-0.1, -0.05) is 32.1 Å². The monoisotopic (exact) mass is 188 g/mol. The lowest BCUT2D eigenvalue weighted by atomic mass is 10.3. The molecular formula is C9H20N2S. The number of unbranched alkanes of at least 4 members (excludes halogenated alkanes) is 2. The van der Waals surface area contributed by atoms with Crippen LogP contribution in [0, 0.1) is 10.7 Å². The van der Waals surface area contributed by atoms with Gasteiger partial charge in [0.15, 0.2) is 0 Å². The summed E-state index contributed by atoms with van der Waals surface area (Å²) in [5, 5.41) is 10.9. The maximum Gasteiger partial charge on any atom is 0.0755 e. The van der Waals surface area contributed by atoms with Crippen LogP contribution >= 0.6 is 0 Å². The highest BCUT2D eigenvalue weighted by atomic mass is 32.1. The van der Waals surface area contributed by atoms with Crippen molar-refractivity contribution in [3.05, 3.63) is 0 Å². The van der Waals surface area contributed by atoms with Crippen LogP contribution in [-0.2, 0) is 12.6 Å². The zero-order valence-electron chi connectivity index (χ0n) is 8.18. The Balaban J connectivity index is 0. The quantitative estimate of drug-likeness (QED) is 0.386. The number of quaternary nitrogens is 1. The van der Waals surface area contributed by atoms with Gasteiger partial charge in [0, 0.05) is 0 Å². The van der Waals surface area contributed by atoms with Crippen LogP contribution in [-0.4, -0.2) is 13.1 Å². The zero-order chi connectivity index (χ0) is 9.66. The smallest absolute Gasteiger partial charge is 0.0755 e. The molecule has 0 aliphatic rings. The van der Waals surface area contributed by atoms with Gasteiger partial charge in [-0.2, -0.15) is 0 Å². The van der Waals surface area contributed by atoms with Crippen molar-refractivity contribution in [3.63, 3.8) is 0 Å². The molecule has 0 atom stereocenters. The van der Waals surface area contributed by atoms with Gasteiger partial charge >= 0.3 is 0 Å². The van der Waals surface area contributed by atoms with E-state index in [1.165, 1.54) is 44.2 Å². The molecule has 2 nitrogen and oxygen atoms in total. The number of hydrogen-bond donors (Lipinski definition) is 1. The van der Waals surface area contributed by atoms with Gasteiger partial charge in [0.2, 0.25) is 0 Å². The average Bonchev–Trinajstić information content (AvgIpc) is 2.06. The SMILES string of the molecule is CCCC[NH2+]CCCC.N#C[S-]. The summed E-state index contributed by atoms with van der Waals surface area (Å²) in [5.41, 5.74) is 0. The average molecular weight is 188 g/mol. The Hall–Kier alpha value is -0.330. The van der Waals surface area contributed by atoms with E-state index in [2.05, 4.69) is 31.8 Å². The largest absolute Gasteiger partial charge is 0.696 e. The van der Waals surface area contributed by atoms with Gasteiger partial charge in [-0.15, -0.1) is 0 Å². The van der Waals surface area contributed by atoms with E-state index in [0.29, 0.717) is 0 Å². The number of nitrogens with zero attached hydrogens (tertiary/aromatic N) is 1. The molecule has 2 N–H and O–H groups in total. The van der Waals surface area contributed by atoms with Crippen LogP contribution in [0.25, 0.3) is 0 Å². The Kier molecular flexibility index (Phi) is 20.1. The molecule has 0 aliphatic heterocycles. The first-order chi connectivity index (χ1) is 5.83. The Morgan fingerprint density at radius 2 is 1.50 bits per heavy atom. The minimum absolute atomic E-state index is 1.33. The number of nitrogens with two attached hydrogens (primary N) is 1. The molecule has 0 fully saturated rings. The molecule has 0 aromatic heterocycles. The van der Waals surface area contributed by atoms with Gasteiger partial charge < -0.3 is 17.9 Å². The zero-order valence-corrected chi connectivity index (χ0v) is 8.99. The van der Waals surface area contributed by atoms with Gasteiger partial charge in [0.25, 0.3) is 0 Å². The van der Waals surface area contributed by atoms with Crippen LogP contribution in [0.5, 0.6) is 0 Å². The summed E-state index contributed by atoms with van der Waals surface area (Å²) in [7, 11) is 0. The minimum Gasteiger partial charge on any atom is -0.696 e. The fourth-order valence-corrected chi connectivity index (χ4v) is 0.841. The van der Waals surface area contributed by atoms with Crippen molar-refractivity contribution >= 4 is 12.6 Å². The Bertz CT molecular complexity index is 93.2. The van der Waals surface area contributed by atoms with Gasteiger partial charge in [0.05, 0.1) is 13.1 Å². The molecule has 3 heteroatoms. The van der Waals surface area contributed by atoms with Crippen LogP contribution in [0.2, 0.25) is 0 Å². The third-order valence-corrected chi connectivity index (χ3v) is 1.52. The molecular weight excluding hydrogens is 168 g/mol. The molecule has 0 heterocycles. The Morgan fingerprint density at radius 3 is 1.75 bits per heavy atom. The van der Waals surface area contributed by atoms with Crippen LogP contribution in [0.4, 0.5) is 0 Å². The van der Waals surface area contributed by atoms with E-state index in [1.807, 2.05) is 0 Å². The summed E-state index contributed by atoms with van der Waals surface area (Å²) in [6, 6.07) is 0.